The predicted octanol–water partition coefficient (Wildman–Crippen LogP) is 2.51. The van der Waals surface area contributed by atoms with Gasteiger partial charge in [-0.25, -0.2) is 0 Å². The van der Waals surface area contributed by atoms with E-state index in [-0.39, 0.29) is 51.4 Å². The molecule has 0 aromatic rings. The Morgan fingerprint density at radius 2 is 1.05 bits per heavy atom. The third-order valence-electron chi connectivity index (χ3n) is 3.69. The summed E-state index contributed by atoms with van der Waals surface area (Å²) < 4.78 is 14.7. The molecule has 0 aromatic carbocycles. The first-order chi connectivity index (χ1) is 9.77. The van der Waals surface area contributed by atoms with Crippen molar-refractivity contribution in [1.29, 1.82) is 0 Å². The summed E-state index contributed by atoms with van der Waals surface area (Å²) in [5.41, 5.74) is 0. The van der Waals surface area contributed by atoms with Crippen LogP contribution in [-0.4, -0.2) is 6.61 Å². The standard InChI is InChI=1S/C16H33O3P.K/c1-2-3-4-5-6-7-8-9-10-11-12-13-14-15-16-19-20(17)18;/h2-16H2,1H3;/q;+1. The van der Waals surface area contributed by atoms with Crippen LogP contribution < -0.4 is 56.3 Å². The van der Waals surface area contributed by atoms with Gasteiger partial charge in [0.15, 0.2) is 0 Å². The van der Waals surface area contributed by atoms with Gasteiger partial charge in [-0.1, -0.05) is 90.4 Å². The zero-order chi connectivity index (χ0) is 14.9. The van der Waals surface area contributed by atoms with E-state index >= 15 is 0 Å². The third-order valence-corrected chi connectivity index (χ3v) is 4.09. The molecule has 0 spiro atoms. The predicted molar refractivity (Wildman–Crippen MR) is 83.9 cm³/mol. The van der Waals surface area contributed by atoms with Gasteiger partial charge in [-0.2, -0.15) is 0 Å². The second-order valence-electron chi connectivity index (χ2n) is 5.65. The quantitative estimate of drug-likeness (QED) is 0.246. The van der Waals surface area contributed by atoms with E-state index < -0.39 is 8.25 Å². The summed E-state index contributed by atoms with van der Waals surface area (Å²) in [6.45, 7) is 2.62. The van der Waals surface area contributed by atoms with Gasteiger partial charge >= 0.3 is 59.6 Å². The molecule has 0 fully saturated rings. The molecule has 0 bridgehead atoms. The van der Waals surface area contributed by atoms with Crippen LogP contribution in [0, 0.1) is 0 Å². The van der Waals surface area contributed by atoms with Crippen molar-refractivity contribution in [2.45, 2.75) is 96.8 Å². The zero-order valence-corrected chi connectivity index (χ0v) is 18.3. The van der Waals surface area contributed by atoms with Crippen LogP contribution in [0.15, 0.2) is 0 Å². The van der Waals surface area contributed by atoms with Gasteiger partial charge in [-0.15, -0.1) is 4.52 Å². The van der Waals surface area contributed by atoms with Gasteiger partial charge in [0.05, 0.1) is 0 Å². The first-order valence-electron chi connectivity index (χ1n) is 8.54. The molecule has 5 heteroatoms. The van der Waals surface area contributed by atoms with Gasteiger partial charge in [-0.3, -0.25) is 0 Å². The summed E-state index contributed by atoms with van der Waals surface area (Å²) in [6.07, 6.45) is 18.3. The zero-order valence-electron chi connectivity index (χ0n) is 14.3. The number of rotatable bonds is 16. The van der Waals surface area contributed by atoms with Gasteiger partial charge in [0.1, 0.15) is 6.61 Å². The molecule has 21 heavy (non-hydrogen) atoms. The van der Waals surface area contributed by atoms with Crippen LogP contribution in [0.3, 0.4) is 0 Å². The van der Waals surface area contributed by atoms with Gasteiger partial charge in [0, 0.05) is 0 Å². The minimum absolute atomic E-state index is 0. The molecule has 0 N–H and O–H groups in total. The molecular formula is C16H33KO3P+. The van der Waals surface area contributed by atoms with Crippen molar-refractivity contribution in [3.8, 4) is 0 Å². The van der Waals surface area contributed by atoms with Crippen LogP contribution in [0.25, 0.3) is 0 Å². The summed E-state index contributed by atoms with van der Waals surface area (Å²) in [4.78, 5) is 10.1. The Labute approximate surface area is 175 Å². The van der Waals surface area contributed by atoms with E-state index in [1.54, 1.807) is 0 Å². The molecule has 0 aliphatic rings. The molecule has 0 saturated carbocycles. The van der Waals surface area contributed by atoms with Gasteiger partial charge in [0.25, 0.3) is 0 Å². The summed E-state index contributed by atoms with van der Waals surface area (Å²) in [6, 6.07) is 0. The molecule has 0 aliphatic heterocycles. The fraction of sp³-hybridized carbons (Fsp3) is 1.00. The summed E-state index contributed by atoms with van der Waals surface area (Å²) >= 11 is 0. The Kier molecular flexibility index (Phi) is 25.7. The van der Waals surface area contributed by atoms with Crippen LogP contribution in [0.5, 0.6) is 0 Å². The van der Waals surface area contributed by atoms with Crippen molar-refractivity contribution in [3.05, 3.63) is 0 Å². The monoisotopic (exact) mass is 343 g/mol. The molecule has 0 amide bonds. The van der Waals surface area contributed by atoms with Gasteiger partial charge < -0.3 is 4.89 Å². The van der Waals surface area contributed by atoms with E-state index in [0.29, 0.717) is 6.61 Å². The fourth-order valence-electron chi connectivity index (χ4n) is 2.44. The number of unbranched alkanes of at least 4 members (excludes halogenated alkanes) is 13. The Hall–Kier alpha value is 1.66. The average Bonchev–Trinajstić information content (AvgIpc) is 2.43. The Balaban J connectivity index is 0. The maximum atomic E-state index is 10.1. The molecule has 1 unspecified atom stereocenters. The van der Waals surface area contributed by atoms with E-state index in [2.05, 4.69) is 11.4 Å². The molecule has 0 heterocycles. The minimum atomic E-state index is -2.64. The smallest absolute Gasteiger partial charge is 0.566 e. The van der Waals surface area contributed by atoms with Crippen molar-refractivity contribution in [1.82, 2.24) is 0 Å². The van der Waals surface area contributed by atoms with Crippen molar-refractivity contribution < 1.29 is 65.4 Å². The molecule has 0 aliphatic carbocycles. The minimum Gasteiger partial charge on any atom is -0.566 e. The second kappa shape index (κ2) is 21.7. The van der Waals surface area contributed by atoms with E-state index in [1.165, 1.54) is 77.0 Å². The van der Waals surface area contributed by atoms with Crippen molar-refractivity contribution in [2.24, 2.45) is 0 Å². The molecule has 0 rings (SSSR count). The molecule has 0 radical (unpaired) electrons. The Morgan fingerprint density at radius 1 is 0.714 bits per heavy atom. The van der Waals surface area contributed by atoms with E-state index in [1.807, 2.05) is 0 Å². The van der Waals surface area contributed by atoms with Crippen LogP contribution in [-0.2, 0) is 9.09 Å². The SMILES string of the molecule is CCCCCCCCCCCCCCCCO[P+](=O)[O-].[K+]. The second-order valence-corrected chi connectivity index (χ2v) is 6.36. The number of hydrogen-bond donors (Lipinski definition) is 0. The number of hydrogen-bond acceptors (Lipinski definition) is 3. The maximum absolute atomic E-state index is 10.1. The summed E-state index contributed by atoms with van der Waals surface area (Å²) in [7, 11) is -2.64. The maximum Gasteiger partial charge on any atom is 1.00 e. The molecule has 0 aromatic heterocycles. The van der Waals surface area contributed by atoms with Crippen LogP contribution in [0.4, 0.5) is 0 Å². The molecule has 1 atom stereocenters. The van der Waals surface area contributed by atoms with Crippen molar-refractivity contribution >= 4 is 8.25 Å². The first kappa shape index (κ1) is 24.9. The topological polar surface area (TPSA) is 49.4 Å². The van der Waals surface area contributed by atoms with Crippen molar-refractivity contribution in [2.75, 3.05) is 6.61 Å². The first-order valence-corrected chi connectivity index (χ1v) is 9.64. The Bertz CT molecular complexity index is 216. The van der Waals surface area contributed by atoms with E-state index in [4.69, 9.17) is 0 Å². The van der Waals surface area contributed by atoms with Gasteiger partial charge in [-0.05, 0) is 11.0 Å². The summed E-state index contributed by atoms with van der Waals surface area (Å²) in [5, 5.41) is 0. The van der Waals surface area contributed by atoms with E-state index in [9.17, 15) is 9.46 Å². The molecule has 120 valence electrons. The normalized spacial score (nSPS) is 11.2. The largest absolute Gasteiger partial charge is 1.00 e. The van der Waals surface area contributed by atoms with E-state index in [0.717, 1.165) is 12.8 Å². The Morgan fingerprint density at radius 3 is 1.38 bits per heavy atom. The summed E-state index contributed by atoms with van der Waals surface area (Å²) in [5.74, 6) is 0. The fourth-order valence-corrected chi connectivity index (χ4v) is 2.71. The van der Waals surface area contributed by atoms with Crippen molar-refractivity contribution in [3.63, 3.8) is 0 Å². The third kappa shape index (κ3) is 24.0. The molecule has 0 saturated heterocycles. The van der Waals surface area contributed by atoms with Crippen LogP contribution in [0.2, 0.25) is 0 Å². The van der Waals surface area contributed by atoms with Crippen LogP contribution in [0.1, 0.15) is 96.8 Å². The molecular weight excluding hydrogens is 310 g/mol. The molecule has 3 nitrogen and oxygen atoms in total. The van der Waals surface area contributed by atoms with Crippen LogP contribution >= 0.6 is 8.25 Å². The average molecular weight is 344 g/mol. The van der Waals surface area contributed by atoms with Gasteiger partial charge in [0.2, 0.25) is 0 Å².